The van der Waals surface area contributed by atoms with E-state index in [9.17, 15) is 5.11 Å². The van der Waals surface area contributed by atoms with Gasteiger partial charge in [-0.05, 0) is 24.6 Å². The molecule has 5 nitrogen and oxygen atoms in total. The Hall–Kier alpha value is -1.02. The van der Waals surface area contributed by atoms with Crippen LogP contribution in [0, 0.1) is 0 Å². The molecule has 1 aromatic carbocycles. The third-order valence-electron chi connectivity index (χ3n) is 2.77. The maximum atomic E-state index is 9.86. The Bertz CT molecular complexity index is 524. The molecule has 0 bridgehead atoms. The van der Waals surface area contributed by atoms with Crippen LogP contribution in [0.15, 0.2) is 34.9 Å². The molecule has 2 N–H and O–H groups in total. The number of aliphatic hydroxyl groups is 1. The van der Waals surface area contributed by atoms with Gasteiger partial charge in [0.05, 0.1) is 11.7 Å². The molecule has 0 saturated carbocycles. The largest absolute Gasteiger partial charge is 0.473 e. The number of aromatic nitrogens is 2. The number of halogens is 1. The fraction of sp³-hybridized carbons (Fsp3) is 0.385. The number of nitrogens with zero attached hydrogens (tertiary/aromatic N) is 2. The first kappa shape index (κ1) is 15.4. The van der Waals surface area contributed by atoms with Crippen molar-refractivity contribution in [3.05, 3.63) is 40.5 Å². The Morgan fingerprint density at radius 2 is 2.35 bits per heavy atom. The van der Waals surface area contributed by atoms with Gasteiger partial charge in [0.25, 0.3) is 0 Å². The zero-order valence-electron chi connectivity index (χ0n) is 11.0. The van der Waals surface area contributed by atoms with Crippen LogP contribution in [0.5, 0.6) is 5.88 Å². The van der Waals surface area contributed by atoms with E-state index in [0.29, 0.717) is 12.4 Å². The van der Waals surface area contributed by atoms with Gasteiger partial charge in [0, 0.05) is 17.1 Å². The zero-order valence-corrected chi connectivity index (χ0v) is 13.4. The van der Waals surface area contributed by atoms with Crippen molar-refractivity contribution >= 4 is 27.7 Å². The third-order valence-corrected chi connectivity index (χ3v) is 3.73. The Kier molecular flexibility index (Phi) is 5.90. The van der Waals surface area contributed by atoms with Crippen LogP contribution in [-0.4, -0.2) is 33.1 Å². The molecular formula is C13H16BrN3O2S. The van der Waals surface area contributed by atoms with Gasteiger partial charge in [0.2, 0.25) is 5.88 Å². The third kappa shape index (κ3) is 4.82. The fourth-order valence-electron chi connectivity index (χ4n) is 1.67. The summed E-state index contributed by atoms with van der Waals surface area (Å²) in [6, 6.07) is 8.24. The van der Waals surface area contributed by atoms with E-state index in [0.717, 1.165) is 21.8 Å². The highest BCUT2D eigenvalue weighted by Crippen LogP contribution is 2.17. The molecule has 0 aliphatic rings. The summed E-state index contributed by atoms with van der Waals surface area (Å²) in [4.78, 5) is 0. The predicted molar refractivity (Wildman–Crippen MR) is 82.0 cm³/mol. The first-order valence-electron chi connectivity index (χ1n) is 6.22. The van der Waals surface area contributed by atoms with Crippen LogP contribution < -0.4 is 10.1 Å². The second kappa shape index (κ2) is 7.68. The van der Waals surface area contributed by atoms with Gasteiger partial charge in [-0.2, -0.15) is 4.37 Å². The van der Waals surface area contributed by atoms with Gasteiger partial charge in [0.15, 0.2) is 0 Å². The van der Waals surface area contributed by atoms with E-state index >= 15 is 0 Å². The zero-order chi connectivity index (χ0) is 14.4. The molecule has 2 aromatic rings. The van der Waals surface area contributed by atoms with Crippen molar-refractivity contribution in [2.75, 3.05) is 13.2 Å². The molecule has 0 radical (unpaired) electrons. The highest BCUT2D eigenvalue weighted by atomic mass is 79.9. The summed E-state index contributed by atoms with van der Waals surface area (Å²) < 4.78 is 14.1. The highest BCUT2D eigenvalue weighted by molar-refractivity contribution is 9.10. The number of nitrogens with one attached hydrogen (secondary N) is 1. The number of hydrogen-bond acceptors (Lipinski definition) is 6. The molecule has 7 heteroatoms. The Labute approximate surface area is 130 Å². The van der Waals surface area contributed by atoms with E-state index in [-0.39, 0.29) is 12.6 Å². The minimum absolute atomic E-state index is 0.156. The van der Waals surface area contributed by atoms with E-state index in [1.165, 1.54) is 6.20 Å². The lowest BCUT2D eigenvalue weighted by molar-refractivity contribution is 0.102. The minimum atomic E-state index is -0.591. The lowest BCUT2D eigenvalue weighted by Crippen LogP contribution is -2.33. The van der Waals surface area contributed by atoms with Crippen LogP contribution in [0.25, 0.3) is 0 Å². The summed E-state index contributed by atoms with van der Waals surface area (Å²) in [5.74, 6) is 0.453. The minimum Gasteiger partial charge on any atom is -0.473 e. The molecule has 1 unspecified atom stereocenters. The van der Waals surface area contributed by atoms with Crippen molar-refractivity contribution in [1.29, 1.82) is 0 Å². The molecule has 2 rings (SSSR count). The van der Waals surface area contributed by atoms with E-state index in [1.807, 2.05) is 18.2 Å². The van der Waals surface area contributed by atoms with E-state index in [4.69, 9.17) is 4.74 Å². The molecule has 108 valence electrons. The Balaban J connectivity index is 1.73. The summed E-state index contributed by atoms with van der Waals surface area (Å²) in [5.41, 5.74) is 1.16. The van der Waals surface area contributed by atoms with Gasteiger partial charge in [-0.3, -0.25) is 0 Å². The molecule has 0 amide bonds. The van der Waals surface area contributed by atoms with Crippen LogP contribution in [0.2, 0.25) is 0 Å². The fourth-order valence-corrected chi connectivity index (χ4v) is 2.45. The molecule has 2 atom stereocenters. The molecular weight excluding hydrogens is 342 g/mol. The predicted octanol–water partition coefficient (Wildman–Crippen LogP) is 2.39. The normalized spacial score (nSPS) is 13.9. The van der Waals surface area contributed by atoms with Crippen molar-refractivity contribution < 1.29 is 9.84 Å². The number of aliphatic hydroxyl groups excluding tert-OH is 1. The van der Waals surface area contributed by atoms with Crippen molar-refractivity contribution in [2.45, 2.75) is 19.1 Å². The van der Waals surface area contributed by atoms with Crippen LogP contribution in [0.4, 0.5) is 0 Å². The average molecular weight is 358 g/mol. The van der Waals surface area contributed by atoms with E-state index < -0.39 is 6.10 Å². The molecule has 1 aromatic heterocycles. The number of ether oxygens (including phenoxy) is 1. The number of benzene rings is 1. The summed E-state index contributed by atoms with van der Waals surface area (Å²) in [6.45, 7) is 2.70. The smallest absolute Gasteiger partial charge is 0.245 e. The van der Waals surface area contributed by atoms with Crippen LogP contribution in [0.1, 0.15) is 18.5 Å². The second-order valence-electron chi connectivity index (χ2n) is 4.40. The SMILES string of the molecule is C[C@H](NCC(O)COc1cnsn1)c1cccc(Br)c1. The van der Waals surface area contributed by atoms with Gasteiger partial charge >= 0.3 is 0 Å². The van der Waals surface area contributed by atoms with Crippen LogP contribution >= 0.6 is 27.7 Å². The van der Waals surface area contributed by atoms with Crippen LogP contribution in [-0.2, 0) is 0 Å². The van der Waals surface area contributed by atoms with Gasteiger partial charge in [0.1, 0.15) is 18.9 Å². The molecule has 20 heavy (non-hydrogen) atoms. The van der Waals surface area contributed by atoms with Gasteiger partial charge in [-0.25, -0.2) is 0 Å². The van der Waals surface area contributed by atoms with E-state index in [1.54, 1.807) is 0 Å². The molecule has 0 spiro atoms. The van der Waals surface area contributed by atoms with Crippen LogP contribution in [0.3, 0.4) is 0 Å². The van der Waals surface area contributed by atoms with E-state index in [2.05, 4.69) is 43.0 Å². The monoisotopic (exact) mass is 357 g/mol. The lowest BCUT2D eigenvalue weighted by atomic mass is 10.1. The second-order valence-corrected chi connectivity index (χ2v) is 5.87. The number of rotatable bonds is 7. The Morgan fingerprint density at radius 1 is 1.50 bits per heavy atom. The summed E-state index contributed by atoms with van der Waals surface area (Å²) in [7, 11) is 0. The lowest BCUT2D eigenvalue weighted by Gasteiger charge is -2.17. The molecule has 0 saturated heterocycles. The van der Waals surface area contributed by atoms with Crippen molar-refractivity contribution in [3.63, 3.8) is 0 Å². The quantitative estimate of drug-likeness (QED) is 0.796. The summed E-state index contributed by atoms with van der Waals surface area (Å²) in [6.07, 6.45) is 0.945. The first-order chi connectivity index (χ1) is 9.65. The van der Waals surface area contributed by atoms with Gasteiger partial charge in [-0.15, -0.1) is 4.37 Å². The van der Waals surface area contributed by atoms with Crippen molar-refractivity contribution in [1.82, 2.24) is 14.1 Å². The highest BCUT2D eigenvalue weighted by Gasteiger charge is 2.10. The Morgan fingerprint density at radius 3 is 3.05 bits per heavy atom. The maximum Gasteiger partial charge on any atom is 0.245 e. The van der Waals surface area contributed by atoms with Gasteiger partial charge in [-0.1, -0.05) is 28.1 Å². The first-order valence-corrected chi connectivity index (χ1v) is 7.75. The molecule has 0 fully saturated rings. The molecule has 0 aliphatic carbocycles. The standard InChI is InChI=1S/C13H16BrN3O2S/c1-9(10-3-2-4-11(14)5-10)15-6-12(18)8-19-13-7-16-20-17-13/h2-5,7,9,12,15,18H,6,8H2,1H3/t9-,12?/m0/s1. The van der Waals surface area contributed by atoms with Gasteiger partial charge < -0.3 is 15.2 Å². The topological polar surface area (TPSA) is 67.3 Å². The number of hydrogen-bond donors (Lipinski definition) is 2. The van der Waals surface area contributed by atoms with Crippen molar-refractivity contribution in [3.8, 4) is 5.88 Å². The van der Waals surface area contributed by atoms with Crippen molar-refractivity contribution in [2.24, 2.45) is 0 Å². The summed E-state index contributed by atoms with van der Waals surface area (Å²) >= 11 is 4.53. The average Bonchev–Trinajstić information content (AvgIpc) is 2.95. The molecule has 0 aliphatic heterocycles. The maximum absolute atomic E-state index is 9.86. The molecule has 1 heterocycles. The summed E-state index contributed by atoms with van der Waals surface area (Å²) in [5, 5.41) is 13.1.